The highest BCUT2D eigenvalue weighted by atomic mass is 32.2. The van der Waals surface area contributed by atoms with Crippen LogP contribution in [-0.4, -0.2) is 15.2 Å². The number of thioether (sulfide) groups is 1. The van der Waals surface area contributed by atoms with Crippen molar-refractivity contribution in [3.8, 4) is 0 Å². The van der Waals surface area contributed by atoms with Crippen molar-refractivity contribution < 1.29 is 14.5 Å². The molecule has 1 aromatic rings. The third kappa shape index (κ3) is 3.02. The molecule has 0 radical (unpaired) electrons. The zero-order valence-corrected chi connectivity index (χ0v) is 12.8. The van der Waals surface area contributed by atoms with Crippen LogP contribution in [0.15, 0.2) is 47.1 Å². The number of benzene rings is 1. The summed E-state index contributed by atoms with van der Waals surface area (Å²) in [7, 11) is 0. The summed E-state index contributed by atoms with van der Waals surface area (Å²) in [5.41, 5.74) is 0.902. The maximum Gasteiger partial charge on any atom is 0.269 e. The van der Waals surface area contributed by atoms with E-state index >= 15 is 0 Å². The fourth-order valence-corrected chi connectivity index (χ4v) is 3.17. The summed E-state index contributed by atoms with van der Waals surface area (Å²) in [6, 6.07) is 6.26. The molecular weight excluding hydrogens is 324 g/mol. The second-order valence-corrected chi connectivity index (χ2v) is 6.37. The van der Waals surface area contributed by atoms with E-state index in [1.807, 2.05) is 6.08 Å². The number of nitro benzene ring substituents is 1. The van der Waals surface area contributed by atoms with Crippen molar-refractivity contribution >= 4 is 39.9 Å². The van der Waals surface area contributed by atoms with Crippen LogP contribution in [-0.2, 0) is 9.53 Å². The third-order valence-electron chi connectivity index (χ3n) is 3.20. The SMILES string of the molecule is O=C1NC(=S)S/C1=C/C1=CCC(c2ccc([N+](=O)[O-])cc2)O1. The van der Waals surface area contributed by atoms with Crippen molar-refractivity contribution in [1.82, 2.24) is 5.32 Å². The molecule has 112 valence electrons. The highest BCUT2D eigenvalue weighted by Gasteiger charge is 2.25. The molecule has 0 aliphatic carbocycles. The van der Waals surface area contributed by atoms with Gasteiger partial charge in [-0.25, -0.2) is 0 Å². The first kappa shape index (κ1) is 14.7. The first-order valence-corrected chi connectivity index (χ1v) is 7.61. The van der Waals surface area contributed by atoms with E-state index in [4.69, 9.17) is 17.0 Å². The minimum atomic E-state index is -0.438. The molecule has 0 bridgehead atoms. The summed E-state index contributed by atoms with van der Waals surface area (Å²) in [6.45, 7) is 0. The van der Waals surface area contributed by atoms with Gasteiger partial charge >= 0.3 is 0 Å². The Bertz CT molecular complexity index is 725. The van der Waals surface area contributed by atoms with Crippen molar-refractivity contribution in [2.45, 2.75) is 12.5 Å². The molecule has 0 saturated carbocycles. The first-order valence-electron chi connectivity index (χ1n) is 6.39. The lowest BCUT2D eigenvalue weighted by molar-refractivity contribution is -0.384. The third-order valence-corrected chi connectivity index (χ3v) is 4.37. The molecule has 2 aliphatic heterocycles. The highest BCUT2D eigenvalue weighted by Crippen LogP contribution is 2.34. The summed E-state index contributed by atoms with van der Waals surface area (Å²) in [5.74, 6) is 0.379. The van der Waals surface area contributed by atoms with Crippen LogP contribution in [0.3, 0.4) is 0 Å². The normalized spacial score (nSPS) is 22.5. The van der Waals surface area contributed by atoms with Crippen LogP contribution < -0.4 is 5.32 Å². The zero-order valence-electron chi connectivity index (χ0n) is 11.1. The van der Waals surface area contributed by atoms with Crippen LogP contribution in [0.25, 0.3) is 0 Å². The molecule has 0 aromatic heterocycles. The molecule has 1 atom stereocenters. The van der Waals surface area contributed by atoms with Crippen LogP contribution in [0.1, 0.15) is 18.1 Å². The van der Waals surface area contributed by atoms with E-state index in [2.05, 4.69) is 5.32 Å². The number of nitrogens with zero attached hydrogens (tertiary/aromatic N) is 1. The van der Waals surface area contributed by atoms with Crippen molar-refractivity contribution in [2.75, 3.05) is 0 Å². The molecule has 1 fully saturated rings. The predicted molar refractivity (Wildman–Crippen MR) is 86.0 cm³/mol. The first-order chi connectivity index (χ1) is 10.5. The van der Waals surface area contributed by atoms with Gasteiger partial charge in [0.1, 0.15) is 16.2 Å². The van der Waals surface area contributed by atoms with Gasteiger partial charge in [0.25, 0.3) is 11.6 Å². The number of hydrogen-bond acceptors (Lipinski definition) is 6. The van der Waals surface area contributed by atoms with Crippen LogP contribution in [0.2, 0.25) is 0 Å². The number of nitro groups is 1. The minimum absolute atomic E-state index is 0.0459. The quantitative estimate of drug-likeness (QED) is 0.396. The molecular formula is C14H10N2O4S2. The number of thiocarbonyl (C=S) groups is 1. The van der Waals surface area contributed by atoms with Crippen molar-refractivity contribution in [2.24, 2.45) is 0 Å². The number of carbonyl (C=O) groups excluding carboxylic acids is 1. The Morgan fingerprint density at radius 2 is 2.14 bits per heavy atom. The highest BCUT2D eigenvalue weighted by molar-refractivity contribution is 8.26. The minimum Gasteiger partial charge on any atom is -0.486 e. The second kappa shape index (κ2) is 5.90. The molecule has 1 unspecified atom stereocenters. The van der Waals surface area contributed by atoms with E-state index in [9.17, 15) is 14.9 Å². The summed E-state index contributed by atoms with van der Waals surface area (Å²) in [5, 5.41) is 13.2. The number of carbonyl (C=O) groups is 1. The fourth-order valence-electron chi connectivity index (χ4n) is 2.14. The van der Waals surface area contributed by atoms with Gasteiger partial charge in [0.05, 0.1) is 9.83 Å². The fraction of sp³-hybridized carbons (Fsp3) is 0.143. The maximum atomic E-state index is 11.6. The molecule has 1 N–H and O–H groups in total. The van der Waals surface area contributed by atoms with Crippen molar-refractivity contribution in [3.05, 3.63) is 62.8 Å². The largest absolute Gasteiger partial charge is 0.486 e. The number of hydrogen-bond donors (Lipinski definition) is 1. The number of ether oxygens (including phenoxy) is 1. The van der Waals surface area contributed by atoms with E-state index in [1.165, 1.54) is 23.9 Å². The van der Waals surface area contributed by atoms with Gasteiger partial charge in [0.2, 0.25) is 0 Å². The molecule has 3 rings (SSSR count). The van der Waals surface area contributed by atoms with Crippen molar-refractivity contribution in [3.63, 3.8) is 0 Å². The van der Waals surface area contributed by atoms with E-state index in [0.29, 0.717) is 21.4 Å². The average Bonchev–Trinajstić information content (AvgIpc) is 3.06. The second-order valence-electron chi connectivity index (χ2n) is 4.65. The van der Waals surface area contributed by atoms with Crippen LogP contribution in [0, 0.1) is 10.1 Å². The number of amides is 1. The molecule has 1 saturated heterocycles. The summed E-state index contributed by atoms with van der Waals surface area (Å²) in [4.78, 5) is 22.3. The number of nitrogens with one attached hydrogen (secondary N) is 1. The van der Waals surface area contributed by atoms with Crippen LogP contribution in [0.4, 0.5) is 5.69 Å². The standard InChI is InChI=1S/C14H10N2O4S2/c17-13-12(22-14(21)15-13)7-10-5-6-11(20-10)8-1-3-9(4-2-8)16(18)19/h1-5,7,11H,6H2,(H,15,17,21)/b12-7+. The Balaban J connectivity index is 1.69. The van der Waals surface area contributed by atoms with Gasteiger partial charge in [-0.05, 0) is 29.8 Å². The van der Waals surface area contributed by atoms with E-state index in [0.717, 1.165) is 5.56 Å². The Hall–Kier alpha value is -2.19. The molecule has 1 aromatic carbocycles. The summed E-state index contributed by atoms with van der Waals surface area (Å²) >= 11 is 6.12. The van der Waals surface area contributed by atoms with E-state index in [1.54, 1.807) is 18.2 Å². The number of non-ortho nitro benzene ring substituents is 1. The van der Waals surface area contributed by atoms with E-state index in [-0.39, 0.29) is 17.7 Å². The van der Waals surface area contributed by atoms with Crippen LogP contribution in [0.5, 0.6) is 0 Å². The van der Waals surface area contributed by atoms with Gasteiger partial charge in [-0.15, -0.1) is 0 Å². The predicted octanol–water partition coefficient (Wildman–Crippen LogP) is 2.97. The van der Waals surface area contributed by atoms with Gasteiger partial charge in [-0.1, -0.05) is 24.0 Å². The lowest BCUT2D eigenvalue weighted by Crippen LogP contribution is -2.17. The maximum absolute atomic E-state index is 11.6. The topological polar surface area (TPSA) is 81.5 Å². The summed E-state index contributed by atoms with van der Waals surface area (Å²) in [6.07, 6.45) is 3.99. The van der Waals surface area contributed by atoms with Crippen LogP contribution >= 0.6 is 24.0 Å². The van der Waals surface area contributed by atoms with E-state index < -0.39 is 4.92 Å². The smallest absolute Gasteiger partial charge is 0.269 e. The average molecular weight is 334 g/mol. The number of allylic oxidation sites excluding steroid dienone is 1. The molecule has 2 aliphatic rings. The van der Waals surface area contributed by atoms with Gasteiger partial charge in [-0.2, -0.15) is 0 Å². The molecule has 6 nitrogen and oxygen atoms in total. The molecule has 8 heteroatoms. The Morgan fingerprint density at radius 1 is 1.41 bits per heavy atom. The Labute approximate surface area is 135 Å². The zero-order chi connectivity index (χ0) is 15.7. The van der Waals surface area contributed by atoms with Crippen molar-refractivity contribution in [1.29, 1.82) is 0 Å². The van der Waals surface area contributed by atoms with Gasteiger partial charge in [0.15, 0.2) is 0 Å². The molecule has 0 spiro atoms. The summed E-state index contributed by atoms with van der Waals surface area (Å²) < 4.78 is 6.20. The Morgan fingerprint density at radius 3 is 2.73 bits per heavy atom. The lowest BCUT2D eigenvalue weighted by Gasteiger charge is -2.12. The lowest BCUT2D eigenvalue weighted by atomic mass is 10.1. The van der Waals surface area contributed by atoms with Gasteiger partial charge in [-0.3, -0.25) is 14.9 Å². The van der Waals surface area contributed by atoms with Gasteiger partial charge in [0, 0.05) is 18.6 Å². The number of rotatable bonds is 3. The Kier molecular flexibility index (Phi) is 3.95. The van der Waals surface area contributed by atoms with Gasteiger partial charge < -0.3 is 10.1 Å². The molecule has 1 amide bonds. The molecule has 22 heavy (non-hydrogen) atoms. The molecule has 2 heterocycles. The monoisotopic (exact) mass is 334 g/mol.